The highest BCUT2D eigenvalue weighted by molar-refractivity contribution is 5.95. The van der Waals surface area contributed by atoms with E-state index in [2.05, 4.69) is 22.9 Å². The van der Waals surface area contributed by atoms with E-state index in [0.29, 0.717) is 0 Å². The lowest BCUT2D eigenvalue weighted by Gasteiger charge is -2.32. The molecule has 2 amide bonds. The Labute approximate surface area is 143 Å². The Hall–Kier alpha value is -1.53. The first-order valence-electron chi connectivity index (χ1n) is 7.87. The van der Waals surface area contributed by atoms with Crippen molar-refractivity contribution in [2.75, 3.05) is 6.54 Å². The van der Waals surface area contributed by atoms with E-state index in [9.17, 15) is 9.59 Å². The van der Waals surface area contributed by atoms with Gasteiger partial charge in [-0.2, -0.15) is 0 Å². The molecule has 1 aromatic rings. The Bertz CT molecular complexity index is 505. The van der Waals surface area contributed by atoms with E-state index in [1.54, 1.807) is 12.1 Å². The van der Waals surface area contributed by atoms with Gasteiger partial charge in [0.05, 0.1) is 6.26 Å². The number of furan rings is 1. The van der Waals surface area contributed by atoms with Crippen LogP contribution in [-0.2, 0) is 4.79 Å². The summed E-state index contributed by atoms with van der Waals surface area (Å²) in [6.45, 7) is 6.87. The van der Waals surface area contributed by atoms with E-state index in [-0.39, 0.29) is 48.0 Å². The molecule has 0 aromatic carbocycles. The largest absolute Gasteiger partial charge is 0.459 e. The number of piperidine rings is 1. The molecule has 6 nitrogen and oxygen atoms in total. The van der Waals surface area contributed by atoms with Gasteiger partial charge in [0.25, 0.3) is 5.91 Å². The normalized spacial score (nSPS) is 22.1. The van der Waals surface area contributed by atoms with Crippen LogP contribution in [0.4, 0.5) is 0 Å². The molecular formula is C16H26ClN3O3. The van der Waals surface area contributed by atoms with E-state index < -0.39 is 6.04 Å². The predicted molar refractivity (Wildman–Crippen MR) is 90.7 cm³/mol. The van der Waals surface area contributed by atoms with Crippen LogP contribution in [0, 0.1) is 5.92 Å². The number of rotatable bonds is 5. The average molecular weight is 344 g/mol. The van der Waals surface area contributed by atoms with Gasteiger partial charge in [-0.25, -0.2) is 0 Å². The van der Waals surface area contributed by atoms with Crippen LogP contribution in [0.2, 0.25) is 0 Å². The molecule has 0 aliphatic carbocycles. The summed E-state index contributed by atoms with van der Waals surface area (Å²) in [5.74, 6) is -0.305. The fourth-order valence-electron chi connectivity index (χ4n) is 2.67. The van der Waals surface area contributed by atoms with Crippen molar-refractivity contribution < 1.29 is 14.0 Å². The van der Waals surface area contributed by atoms with Gasteiger partial charge in [-0.15, -0.1) is 12.4 Å². The number of hydrogen-bond acceptors (Lipinski definition) is 4. The van der Waals surface area contributed by atoms with Crippen molar-refractivity contribution in [1.82, 2.24) is 16.0 Å². The van der Waals surface area contributed by atoms with Crippen molar-refractivity contribution in [3.8, 4) is 0 Å². The summed E-state index contributed by atoms with van der Waals surface area (Å²) in [6, 6.07) is 2.99. The molecule has 2 rings (SSSR count). The van der Waals surface area contributed by atoms with Crippen molar-refractivity contribution >= 4 is 24.2 Å². The molecule has 23 heavy (non-hydrogen) atoms. The minimum atomic E-state index is -0.577. The summed E-state index contributed by atoms with van der Waals surface area (Å²) in [6.07, 6.45) is 3.44. The number of halogens is 1. The third-order valence-electron chi connectivity index (χ3n) is 4.07. The molecule has 1 fully saturated rings. The Morgan fingerprint density at radius 2 is 2.13 bits per heavy atom. The molecule has 0 spiro atoms. The molecule has 1 aliphatic rings. The molecule has 1 saturated heterocycles. The molecule has 0 bridgehead atoms. The van der Waals surface area contributed by atoms with Crippen LogP contribution < -0.4 is 16.0 Å². The van der Waals surface area contributed by atoms with Gasteiger partial charge in [0.1, 0.15) is 6.04 Å². The Morgan fingerprint density at radius 1 is 1.39 bits per heavy atom. The van der Waals surface area contributed by atoms with Crippen molar-refractivity contribution in [1.29, 1.82) is 0 Å². The lowest BCUT2D eigenvalue weighted by atomic mass is 9.97. The number of amides is 2. The predicted octanol–water partition coefficient (Wildman–Crippen LogP) is 1.71. The number of carbonyl (C=O) groups is 2. The highest BCUT2D eigenvalue weighted by atomic mass is 35.5. The van der Waals surface area contributed by atoms with Crippen LogP contribution in [-0.4, -0.2) is 36.5 Å². The van der Waals surface area contributed by atoms with Gasteiger partial charge in [-0.1, -0.05) is 13.8 Å². The Kier molecular flexibility index (Phi) is 7.58. The molecule has 0 saturated carbocycles. The van der Waals surface area contributed by atoms with Crippen molar-refractivity contribution in [2.24, 2.45) is 5.92 Å². The molecule has 130 valence electrons. The van der Waals surface area contributed by atoms with E-state index in [0.717, 1.165) is 19.4 Å². The molecule has 3 N–H and O–H groups in total. The maximum Gasteiger partial charge on any atom is 0.287 e. The SMILES string of the molecule is CC(C)C(NC(=O)c1ccco1)C(=O)NC1CCCNC1C.Cl. The lowest BCUT2D eigenvalue weighted by molar-refractivity contribution is -0.125. The van der Waals surface area contributed by atoms with Crippen LogP contribution in [0.15, 0.2) is 22.8 Å². The average Bonchev–Trinajstić information content (AvgIpc) is 3.00. The van der Waals surface area contributed by atoms with E-state index >= 15 is 0 Å². The fourth-order valence-corrected chi connectivity index (χ4v) is 2.67. The molecule has 0 radical (unpaired) electrons. The summed E-state index contributed by atoms with van der Waals surface area (Å²) >= 11 is 0. The second-order valence-electron chi connectivity index (χ2n) is 6.17. The van der Waals surface area contributed by atoms with Gasteiger partial charge in [-0.05, 0) is 44.4 Å². The van der Waals surface area contributed by atoms with Gasteiger partial charge < -0.3 is 20.4 Å². The maximum absolute atomic E-state index is 12.5. The molecule has 2 heterocycles. The molecular weight excluding hydrogens is 318 g/mol. The minimum absolute atomic E-state index is 0. The standard InChI is InChI=1S/C16H25N3O3.ClH/c1-10(2)14(19-15(20)13-7-5-9-22-13)16(21)18-12-6-4-8-17-11(12)3;/h5,7,9-12,14,17H,4,6,8H2,1-3H3,(H,18,21)(H,19,20);1H. The summed E-state index contributed by atoms with van der Waals surface area (Å²) < 4.78 is 5.07. The van der Waals surface area contributed by atoms with E-state index in [1.165, 1.54) is 6.26 Å². The van der Waals surface area contributed by atoms with Gasteiger partial charge in [0, 0.05) is 12.1 Å². The molecule has 1 aromatic heterocycles. The van der Waals surface area contributed by atoms with Crippen LogP contribution in [0.1, 0.15) is 44.2 Å². The van der Waals surface area contributed by atoms with Crippen LogP contribution in [0.3, 0.4) is 0 Å². The highest BCUT2D eigenvalue weighted by Crippen LogP contribution is 2.11. The molecule has 3 unspecified atom stereocenters. The highest BCUT2D eigenvalue weighted by Gasteiger charge is 2.29. The lowest BCUT2D eigenvalue weighted by Crippen LogP contribution is -2.57. The number of carbonyl (C=O) groups excluding carboxylic acids is 2. The zero-order valence-corrected chi connectivity index (χ0v) is 14.6. The first kappa shape index (κ1) is 19.5. The number of hydrogen-bond donors (Lipinski definition) is 3. The van der Waals surface area contributed by atoms with Crippen molar-refractivity contribution in [3.63, 3.8) is 0 Å². The van der Waals surface area contributed by atoms with E-state index in [1.807, 2.05) is 13.8 Å². The van der Waals surface area contributed by atoms with Crippen molar-refractivity contribution in [3.05, 3.63) is 24.2 Å². The monoisotopic (exact) mass is 343 g/mol. The summed E-state index contributed by atoms with van der Waals surface area (Å²) in [7, 11) is 0. The Balaban J connectivity index is 0.00000264. The summed E-state index contributed by atoms with van der Waals surface area (Å²) in [5, 5.41) is 9.16. The summed E-state index contributed by atoms with van der Waals surface area (Å²) in [4.78, 5) is 24.6. The topological polar surface area (TPSA) is 83.4 Å². The smallest absolute Gasteiger partial charge is 0.287 e. The first-order valence-corrected chi connectivity index (χ1v) is 7.87. The van der Waals surface area contributed by atoms with Crippen LogP contribution >= 0.6 is 12.4 Å². The summed E-state index contributed by atoms with van der Waals surface area (Å²) in [5.41, 5.74) is 0. The second kappa shape index (κ2) is 8.93. The maximum atomic E-state index is 12.5. The van der Waals surface area contributed by atoms with Gasteiger partial charge in [0.15, 0.2) is 5.76 Å². The molecule has 1 aliphatic heterocycles. The van der Waals surface area contributed by atoms with Crippen LogP contribution in [0.5, 0.6) is 0 Å². The fraction of sp³-hybridized carbons (Fsp3) is 0.625. The Morgan fingerprint density at radius 3 is 2.70 bits per heavy atom. The molecule has 3 atom stereocenters. The van der Waals surface area contributed by atoms with Crippen molar-refractivity contribution in [2.45, 2.75) is 51.7 Å². The third kappa shape index (κ3) is 5.25. The quantitative estimate of drug-likeness (QED) is 0.760. The van der Waals surface area contributed by atoms with E-state index in [4.69, 9.17) is 4.42 Å². The first-order chi connectivity index (χ1) is 10.5. The number of nitrogens with one attached hydrogen (secondary N) is 3. The van der Waals surface area contributed by atoms with Gasteiger partial charge in [0.2, 0.25) is 5.91 Å². The minimum Gasteiger partial charge on any atom is -0.459 e. The zero-order chi connectivity index (χ0) is 16.1. The second-order valence-corrected chi connectivity index (χ2v) is 6.17. The zero-order valence-electron chi connectivity index (χ0n) is 13.8. The van der Waals surface area contributed by atoms with Gasteiger partial charge >= 0.3 is 0 Å². The third-order valence-corrected chi connectivity index (χ3v) is 4.07. The molecule has 7 heteroatoms. The van der Waals surface area contributed by atoms with Crippen LogP contribution in [0.25, 0.3) is 0 Å². The van der Waals surface area contributed by atoms with Gasteiger partial charge in [-0.3, -0.25) is 9.59 Å².